The molecule has 1 N–H and O–H groups in total. The number of likely N-dealkylation sites (tertiary alicyclic amines) is 1. The lowest BCUT2D eigenvalue weighted by Crippen LogP contribution is -2.41. The van der Waals surface area contributed by atoms with Gasteiger partial charge < -0.3 is 15.1 Å². The van der Waals surface area contributed by atoms with E-state index in [1.54, 1.807) is 0 Å². The van der Waals surface area contributed by atoms with Crippen molar-refractivity contribution in [1.82, 2.24) is 15.1 Å². The van der Waals surface area contributed by atoms with Gasteiger partial charge in [-0.15, -0.1) is 30.6 Å². The predicted octanol–water partition coefficient (Wildman–Crippen LogP) is 3.98. The highest BCUT2D eigenvalue weighted by Gasteiger charge is 2.18. The van der Waals surface area contributed by atoms with Crippen molar-refractivity contribution >= 4 is 29.9 Å². The molecule has 1 aliphatic rings. The van der Waals surface area contributed by atoms with Gasteiger partial charge in [-0.2, -0.15) is 0 Å². The van der Waals surface area contributed by atoms with Crippen LogP contribution in [0.15, 0.2) is 17.6 Å². The Morgan fingerprint density at radius 3 is 2.79 bits per heavy atom. The van der Waals surface area contributed by atoms with Gasteiger partial charge in [0.15, 0.2) is 5.96 Å². The number of halogens is 1. The number of hydrogen-bond acceptors (Lipinski definition) is 2. The topological polar surface area (TPSA) is 30.9 Å². The molecule has 1 fully saturated rings. The van der Waals surface area contributed by atoms with Crippen LogP contribution in [0.5, 0.6) is 0 Å². The molecule has 0 amide bonds. The monoisotopic (exact) mass is 450 g/mol. The molecule has 0 spiro atoms. The number of aliphatic imine (C=N–C) groups is 1. The second kappa shape index (κ2) is 15.0. The smallest absolute Gasteiger partial charge is 0.193 e. The van der Waals surface area contributed by atoms with Gasteiger partial charge in [0.2, 0.25) is 0 Å². The lowest BCUT2D eigenvalue weighted by atomic mass is 9.98. The van der Waals surface area contributed by atoms with Crippen molar-refractivity contribution in [1.29, 1.82) is 0 Å². The molecule has 1 heterocycles. The fourth-order valence-corrected chi connectivity index (χ4v) is 3.19. The maximum absolute atomic E-state index is 4.91. The average Bonchev–Trinajstić information content (AvgIpc) is 2.58. The van der Waals surface area contributed by atoms with Gasteiger partial charge in [-0.05, 0) is 58.0 Å². The summed E-state index contributed by atoms with van der Waals surface area (Å²) in [6.07, 6.45) is 9.53. The van der Waals surface area contributed by atoms with E-state index in [2.05, 4.69) is 42.6 Å². The molecule has 0 aromatic heterocycles. The summed E-state index contributed by atoms with van der Waals surface area (Å²) in [5.41, 5.74) is 0. The summed E-state index contributed by atoms with van der Waals surface area (Å²) in [5, 5.41) is 3.45. The van der Waals surface area contributed by atoms with Gasteiger partial charge in [0.1, 0.15) is 0 Å². The first kappa shape index (κ1) is 23.7. The van der Waals surface area contributed by atoms with Crippen LogP contribution in [0.1, 0.15) is 52.4 Å². The quantitative estimate of drug-likeness (QED) is 0.180. The lowest BCUT2D eigenvalue weighted by Gasteiger charge is -2.31. The third-order valence-electron chi connectivity index (χ3n) is 4.65. The second-order valence-corrected chi connectivity index (χ2v) is 6.66. The predicted molar refractivity (Wildman–Crippen MR) is 118 cm³/mol. The van der Waals surface area contributed by atoms with Gasteiger partial charge >= 0.3 is 0 Å². The number of hydrogen-bond donors (Lipinski definition) is 1. The van der Waals surface area contributed by atoms with Crippen LogP contribution in [0.4, 0.5) is 0 Å². The molecule has 4 nitrogen and oxygen atoms in total. The van der Waals surface area contributed by atoms with Crippen LogP contribution in [0, 0.1) is 5.92 Å². The molecule has 0 aromatic carbocycles. The lowest BCUT2D eigenvalue weighted by molar-refractivity contribution is 0.186. The number of rotatable bonds is 10. The average molecular weight is 450 g/mol. The van der Waals surface area contributed by atoms with Gasteiger partial charge in [0.25, 0.3) is 0 Å². The van der Waals surface area contributed by atoms with Crippen molar-refractivity contribution in [2.45, 2.75) is 52.4 Å². The Kier molecular flexibility index (Phi) is 14.8. The molecule has 1 rings (SSSR count). The first-order valence-corrected chi connectivity index (χ1v) is 9.53. The minimum absolute atomic E-state index is 0. The SMILES string of the molecule is C=CCCCCCN(C)C(=NCC1CCCN(CC)C1)NCC.I. The third kappa shape index (κ3) is 9.87. The van der Waals surface area contributed by atoms with Crippen LogP contribution in [0.2, 0.25) is 0 Å². The summed E-state index contributed by atoms with van der Waals surface area (Å²) in [6.45, 7) is 14.8. The zero-order valence-electron chi connectivity index (χ0n) is 16.1. The van der Waals surface area contributed by atoms with E-state index >= 15 is 0 Å². The molecule has 0 saturated carbocycles. The van der Waals surface area contributed by atoms with E-state index in [4.69, 9.17) is 4.99 Å². The van der Waals surface area contributed by atoms with Crippen molar-refractivity contribution in [3.05, 3.63) is 12.7 Å². The Hall–Kier alpha value is -0.300. The molecule has 0 radical (unpaired) electrons. The van der Waals surface area contributed by atoms with Crippen molar-refractivity contribution in [2.24, 2.45) is 10.9 Å². The highest BCUT2D eigenvalue weighted by atomic mass is 127. The van der Waals surface area contributed by atoms with Crippen molar-refractivity contribution in [2.75, 3.05) is 46.3 Å². The molecule has 5 heteroatoms. The number of guanidine groups is 1. The van der Waals surface area contributed by atoms with Gasteiger partial charge in [0, 0.05) is 33.2 Å². The Morgan fingerprint density at radius 1 is 1.33 bits per heavy atom. The largest absolute Gasteiger partial charge is 0.357 e. The van der Waals surface area contributed by atoms with Crippen LogP contribution < -0.4 is 5.32 Å². The minimum atomic E-state index is 0. The van der Waals surface area contributed by atoms with E-state index in [0.717, 1.165) is 37.9 Å². The third-order valence-corrected chi connectivity index (χ3v) is 4.65. The van der Waals surface area contributed by atoms with Crippen molar-refractivity contribution < 1.29 is 0 Å². The number of piperidine rings is 1. The van der Waals surface area contributed by atoms with Crippen LogP contribution in [0.3, 0.4) is 0 Å². The summed E-state index contributed by atoms with van der Waals surface area (Å²) in [4.78, 5) is 9.75. The van der Waals surface area contributed by atoms with E-state index in [1.807, 2.05) is 6.08 Å². The summed E-state index contributed by atoms with van der Waals surface area (Å²) < 4.78 is 0. The Bertz CT molecular complexity index is 346. The highest BCUT2D eigenvalue weighted by Crippen LogP contribution is 2.16. The Balaban J connectivity index is 0.00000529. The van der Waals surface area contributed by atoms with E-state index in [9.17, 15) is 0 Å². The summed E-state index contributed by atoms with van der Waals surface area (Å²) in [5.74, 6) is 1.79. The van der Waals surface area contributed by atoms with Crippen LogP contribution in [-0.4, -0.2) is 62.1 Å². The Labute approximate surface area is 167 Å². The second-order valence-electron chi connectivity index (χ2n) is 6.66. The molecular formula is C19H39IN4. The zero-order chi connectivity index (χ0) is 16.9. The summed E-state index contributed by atoms with van der Waals surface area (Å²) in [6, 6.07) is 0. The summed E-state index contributed by atoms with van der Waals surface area (Å²) in [7, 11) is 2.16. The van der Waals surface area contributed by atoms with E-state index in [-0.39, 0.29) is 24.0 Å². The standard InChI is InChI=1S/C19H38N4.HI/c1-5-8-9-10-11-14-22(4)19(20-6-2)21-16-18-13-12-15-23(7-3)17-18;/h5,18H,1,6-17H2,2-4H3,(H,20,21);1H. The van der Waals surface area contributed by atoms with Crippen LogP contribution in [-0.2, 0) is 0 Å². The zero-order valence-corrected chi connectivity index (χ0v) is 18.4. The van der Waals surface area contributed by atoms with Crippen LogP contribution >= 0.6 is 24.0 Å². The van der Waals surface area contributed by atoms with Crippen LogP contribution in [0.25, 0.3) is 0 Å². The van der Waals surface area contributed by atoms with Gasteiger partial charge in [-0.3, -0.25) is 4.99 Å². The molecule has 24 heavy (non-hydrogen) atoms. The normalized spacial score (nSPS) is 18.8. The van der Waals surface area contributed by atoms with Gasteiger partial charge in [-0.1, -0.05) is 19.4 Å². The molecule has 0 aliphatic carbocycles. The minimum Gasteiger partial charge on any atom is -0.357 e. The molecule has 0 bridgehead atoms. The fourth-order valence-electron chi connectivity index (χ4n) is 3.19. The van der Waals surface area contributed by atoms with Gasteiger partial charge in [0.05, 0.1) is 0 Å². The fraction of sp³-hybridized carbons (Fsp3) is 0.842. The molecule has 1 unspecified atom stereocenters. The van der Waals surface area contributed by atoms with E-state index < -0.39 is 0 Å². The molecule has 0 aromatic rings. The highest BCUT2D eigenvalue weighted by molar-refractivity contribution is 14.0. The molecule has 142 valence electrons. The van der Waals surface area contributed by atoms with E-state index in [0.29, 0.717) is 0 Å². The van der Waals surface area contributed by atoms with Crippen molar-refractivity contribution in [3.8, 4) is 0 Å². The van der Waals surface area contributed by atoms with Gasteiger partial charge in [-0.25, -0.2) is 0 Å². The summed E-state index contributed by atoms with van der Waals surface area (Å²) >= 11 is 0. The molecule has 1 saturated heterocycles. The van der Waals surface area contributed by atoms with Crippen molar-refractivity contribution in [3.63, 3.8) is 0 Å². The number of unbranched alkanes of at least 4 members (excludes halogenated alkanes) is 3. The Morgan fingerprint density at radius 2 is 2.12 bits per heavy atom. The molecule has 1 atom stereocenters. The first-order chi connectivity index (χ1) is 11.2. The maximum Gasteiger partial charge on any atom is 0.193 e. The molecular weight excluding hydrogens is 411 g/mol. The first-order valence-electron chi connectivity index (χ1n) is 9.53. The van der Waals surface area contributed by atoms with E-state index in [1.165, 1.54) is 51.7 Å². The number of allylic oxidation sites excluding steroid dienone is 1. The maximum atomic E-state index is 4.91. The number of nitrogens with one attached hydrogen (secondary N) is 1. The molecule has 1 aliphatic heterocycles. The number of nitrogens with zero attached hydrogens (tertiary/aromatic N) is 3.